The minimum atomic E-state index is -0.0394. The molecular weight excluding hydrogens is 234 g/mol. The molecule has 98 valence electrons. The van der Waals surface area contributed by atoms with Gasteiger partial charge in [-0.25, -0.2) is 9.97 Å². The molecule has 0 amide bonds. The Morgan fingerprint density at radius 1 is 1.61 bits per heavy atom. The molecule has 1 aromatic heterocycles. The molecule has 0 aromatic carbocycles. The first-order valence-electron chi connectivity index (χ1n) is 5.91. The van der Waals surface area contributed by atoms with Gasteiger partial charge >= 0.3 is 0 Å². The number of anilines is 1. The Morgan fingerprint density at radius 2 is 2.44 bits per heavy atom. The van der Waals surface area contributed by atoms with Crippen LogP contribution in [0.3, 0.4) is 0 Å². The summed E-state index contributed by atoms with van der Waals surface area (Å²) in [6, 6.07) is 0. The van der Waals surface area contributed by atoms with E-state index >= 15 is 0 Å². The zero-order valence-corrected chi connectivity index (χ0v) is 10.3. The fraction of sp³-hybridized carbons (Fsp3) is 0.545. The molecule has 0 radical (unpaired) electrons. The number of rotatable bonds is 3. The summed E-state index contributed by atoms with van der Waals surface area (Å²) >= 11 is 0. The minimum Gasteiger partial charge on any atom is -0.409 e. The van der Waals surface area contributed by atoms with E-state index in [1.807, 2.05) is 0 Å². The van der Waals surface area contributed by atoms with Gasteiger partial charge in [-0.2, -0.15) is 0 Å². The maximum absolute atomic E-state index is 8.54. The molecule has 18 heavy (non-hydrogen) atoms. The van der Waals surface area contributed by atoms with Crippen molar-refractivity contribution in [3.05, 3.63) is 18.1 Å². The molecule has 1 saturated heterocycles. The van der Waals surface area contributed by atoms with Crippen molar-refractivity contribution in [2.45, 2.75) is 19.4 Å². The number of nitrogens with two attached hydrogens (primary N) is 1. The highest BCUT2D eigenvalue weighted by Crippen LogP contribution is 2.15. The number of ether oxygens (including phenoxy) is 1. The van der Waals surface area contributed by atoms with Crippen LogP contribution >= 0.6 is 0 Å². The number of oxime groups is 1. The van der Waals surface area contributed by atoms with Crippen LogP contribution in [0.5, 0.6) is 0 Å². The summed E-state index contributed by atoms with van der Waals surface area (Å²) < 4.78 is 5.60. The van der Waals surface area contributed by atoms with Crippen molar-refractivity contribution in [2.75, 3.05) is 24.6 Å². The van der Waals surface area contributed by atoms with Crippen molar-refractivity contribution >= 4 is 11.7 Å². The summed E-state index contributed by atoms with van der Waals surface area (Å²) in [6.07, 6.45) is 4.35. The van der Waals surface area contributed by atoms with Crippen LogP contribution in [0.25, 0.3) is 0 Å². The number of amidine groups is 1. The van der Waals surface area contributed by atoms with Crippen molar-refractivity contribution in [1.82, 2.24) is 9.97 Å². The van der Waals surface area contributed by atoms with Gasteiger partial charge in [-0.05, 0) is 6.42 Å². The molecule has 7 heteroatoms. The lowest BCUT2D eigenvalue weighted by Gasteiger charge is -2.33. The van der Waals surface area contributed by atoms with Gasteiger partial charge in [0.05, 0.1) is 25.1 Å². The third-order valence-corrected chi connectivity index (χ3v) is 2.93. The zero-order valence-electron chi connectivity index (χ0n) is 10.3. The lowest BCUT2D eigenvalue weighted by molar-refractivity contribution is 0.0381. The summed E-state index contributed by atoms with van der Waals surface area (Å²) in [7, 11) is 0. The maximum atomic E-state index is 8.54. The van der Waals surface area contributed by atoms with Crippen LogP contribution in [-0.4, -0.2) is 46.8 Å². The molecule has 3 N–H and O–H groups in total. The normalized spacial score (nSPS) is 21.1. The zero-order chi connectivity index (χ0) is 13.0. The molecule has 1 aliphatic rings. The van der Waals surface area contributed by atoms with E-state index in [-0.39, 0.29) is 11.9 Å². The van der Waals surface area contributed by atoms with Crippen molar-refractivity contribution in [2.24, 2.45) is 10.9 Å². The Morgan fingerprint density at radius 3 is 3.06 bits per heavy atom. The van der Waals surface area contributed by atoms with Gasteiger partial charge in [0.25, 0.3) is 0 Å². The number of aromatic nitrogens is 2. The van der Waals surface area contributed by atoms with Crippen LogP contribution < -0.4 is 10.6 Å². The smallest absolute Gasteiger partial charge is 0.190 e. The Hall–Kier alpha value is -1.89. The van der Waals surface area contributed by atoms with E-state index in [9.17, 15) is 0 Å². The first-order chi connectivity index (χ1) is 8.74. The van der Waals surface area contributed by atoms with Crippen LogP contribution in [0.4, 0.5) is 5.82 Å². The van der Waals surface area contributed by atoms with Gasteiger partial charge in [0.1, 0.15) is 11.5 Å². The largest absolute Gasteiger partial charge is 0.409 e. The van der Waals surface area contributed by atoms with E-state index in [0.717, 1.165) is 25.3 Å². The van der Waals surface area contributed by atoms with Gasteiger partial charge in [-0.15, -0.1) is 0 Å². The first kappa shape index (κ1) is 12.6. The molecule has 1 aromatic rings. The number of hydrogen-bond acceptors (Lipinski definition) is 6. The predicted octanol–water partition coefficient (Wildman–Crippen LogP) is 0.186. The quantitative estimate of drug-likeness (QED) is 0.344. The lowest BCUT2D eigenvalue weighted by atomic mass is 10.2. The predicted molar refractivity (Wildman–Crippen MR) is 66.8 cm³/mol. The fourth-order valence-electron chi connectivity index (χ4n) is 1.84. The fourth-order valence-corrected chi connectivity index (χ4v) is 1.84. The van der Waals surface area contributed by atoms with Gasteiger partial charge < -0.3 is 20.6 Å². The Balaban J connectivity index is 2.09. The second-order valence-corrected chi connectivity index (χ2v) is 4.09. The van der Waals surface area contributed by atoms with Crippen LogP contribution in [0.1, 0.15) is 19.0 Å². The molecule has 0 spiro atoms. The minimum absolute atomic E-state index is 0.0394. The van der Waals surface area contributed by atoms with Crippen molar-refractivity contribution < 1.29 is 9.94 Å². The standard InChI is InChI=1S/C11H17N5O2/c1-2-8-7-16(3-4-18-8)10-6-13-9(5-14-10)11(12)15-17/h5-6,8,17H,2-4,7H2,1H3,(H2,12,15). The van der Waals surface area contributed by atoms with Crippen LogP contribution in [-0.2, 0) is 4.74 Å². The first-order valence-corrected chi connectivity index (χ1v) is 5.91. The van der Waals surface area contributed by atoms with Crippen LogP contribution in [0, 0.1) is 0 Å². The van der Waals surface area contributed by atoms with Gasteiger partial charge in [0.15, 0.2) is 5.84 Å². The maximum Gasteiger partial charge on any atom is 0.190 e. The lowest BCUT2D eigenvalue weighted by Crippen LogP contribution is -2.42. The van der Waals surface area contributed by atoms with Gasteiger partial charge in [0, 0.05) is 13.1 Å². The molecule has 0 aliphatic carbocycles. The summed E-state index contributed by atoms with van der Waals surface area (Å²) in [5.74, 6) is 0.744. The van der Waals surface area contributed by atoms with E-state index in [1.54, 1.807) is 6.20 Å². The molecule has 0 bridgehead atoms. The molecule has 0 saturated carbocycles. The summed E-state index contributed by atoms with van der Waals surface area (Å²) in [6.45, 7) is 4.41. The second kappa shape index (κ2) is 5.63. The molecule has 2 rings (SSSR count). The summed E-state index contributed by atoms with van der Waals surface area (Å²) in [5.41, 5.74) is 5.79. The number of nitrogens with zero attached hydrogens (tertiary/aromatic N) is 4. The molecule has 1 fully saturated rings. The van der Waals surface area contributed by atoms with E-state index in [4.69, 9.17) is 15.7 Å². The summed E-state index contributed by atoms with van der Waals surface area (Å²) in [4.78, 5) is 10.5. The average molecular weight is 251 g/mol. The highest BCUT2D eigenvalue weighted by atomic mass is 16.5. The summed E-state index contributed by atoms with van der Waals surface area (Å²) in [5, 5.41) is 11.4. The van der Waals surface area contributed by atoms with Crippen LogP contribution in [0.2, 0.25) is 0 Å². The Kier molecular flexibility index (Phi) is 3.93. The van der Waals surface area contributed by atoms with E-state index in [2.05, 4.69) is 26.9 Å². The van der Waals surface area contributed by atoms with Crippen molar-refractivity contribution in [3.63, 3.8) is 0 Å². The highest BCUT2D eigenvalue weighted by molar-refractivity contribution is 5.94. The third kappa shape index (κ3) is 2.67. The highest BCUT2D eigenvalue weighted by Gasteiger charge is 2.20. The second-order valence-electron chi connectivity index (χ2n) is 4.09. The third-order valence-electron chi connectivity index (χ3n) is 2.93. The molecule has 1 aliphatic heterocycles. The molecule has 7 nitrogen and oxygen atoms in total. The van der Waals surface area contributed by atoms with E-state index < -0.39 is 0 Å². The molecule has 1 unspecified atom stereocenters. The topological polar surface area (TPSA) is 96.9 Å². The molecular formula is C11H17N5O2. The SMILES string of the molecule is CCC1CN(c2cnc(C(N)=NO)cn2)CCO1. The Bertz CT molecular complexity index is 420. The van der Waals surface area contributed by atoms with Crippen LogP contribution in [0.15, 0.2) is 17.5 Å². The van der Waals surface area contributed by atoms with E-state index in [1.165, 1.54) is 6.20 Å². The van der Waals surface area contributed by atoms with Gasteiger partial charge in [-0.1, -0.05) is 12.1 Å². The molecule has 2 heterocycles. The number of hydrogen-bond donors (Lipinski definition) is 2. The Labute approximate surface area is 105 Å². The van der Waals surface area contributed by atoms with Gasteiger partial charge in [-0.3, -0.25) is 0 Å². The van der Waals surface area contributed by atoms with E-state index in [0.29, 0.717) is 12.3 Å². The van der Waals surface area contributed by atoms with Crippen molar-refractivity contribution in [1.29, 1.82) is 0 Å². The monoisotopic (exact) mass is 251 g/mol. The number of morpholine rings is 1. The van der Waals surface area contributed by atoms with Gasteiger partial charge in [0.2, 0.25) is 0 Å². The molecule has 1 atom stereocenters. The average Bonchev–Trinajstić information content (AvgIpc) is 2.46. The van der Waals surface area contributed by atoms with Crippen molar-refractivity contribution in [3.8, 4) is 0 Å².